The van der Waals surface area contributed by atoms with E-state index in [4.69, 9.17) is 9.47 Å². The second kappa shape index (κ2) is 6.83. The van der Waals surface area contributed by atoms with Crippen LogP contribution in [0, 0.1) is 5.92 Å². The van der Waals surface area contributed by atoms with E-state index >= 15 is 0 Å². The molecule has 0 amide bonds. The van der Waals surface area contributed by atoms with E-state index < -0.39 is 0 Å². The number of carbonyl (C=O) groups is 1. The largest absolute Gasteiger partial charge is 0.469 e. The Kier molecular flexibility index (Phi) is 5.69. The van der Waals surface area contributed by atoms with E-state index in [1.54, 1.807) is 0 Å². The van der Waals surface area contributed by atoms with Crippen LogP contribution in [-0.2, 0) is 14.3 Å². The molecule has 0 spiro atoms. The Morgan fingerprint density at radius 2 is 1.93 bits per heavy atom. The quantitative estimate of drug-likeness (QED) is 0.521. The van der Waals surface area contributed by atoms with Gasteiger partial charge in [-0.3, -0.25) is 4.79 Å². The first-order chi connectivity index (χ1) is 7.27. The van der Waals surface area contributed by atoms with Gasteiger partial charge in [-0.2, -0.15) is 0 Å². The van der Waals surface area contributed by atoms with Crippen LogP contribution >= 0.6 is 0 Å². The Labute approximate surface area is 92.1 Å². The Hall–Kier alpha value is -0.570. The Bertz CT molecular complexity index is 183. The molecule has 88 valence electrons. The van der Waals surface area contributed by atoms with Crippen molar-refractivity contribution in [3.63, 3.8) is 0 Å². The molecule has 0 aromatic carbocycles. The summed E-state index contributed by atoms with van der Waals surface area (Å²) in [5, 5.41) is 0. The Morgan fingerprint density at radius 1 is 1.27 bits per heavy atom. The third kappa shape index (κ3) is 4.20. The lowest BCUT2D eigenvalue weighted by Crippen LogP contribution is -2.27. The highest BCUT2D eigenvalue weighted by molar-refractivity contribution is 5.72. The number of unbranched alkanes of at least 4 members (excludes halogenated alkanes) is 1. The molecular weight excluding hydrogens is 192 g/mol. The molecule has 0 saturated heterocycles. The third-order valence-corrected chi connectivity index (χ3v) is 3.06. The standard InChI is InChI=1S/C12H22O3/c1-3-4-9-15-11-7-5-10(6-8-11)12(13)14-2/h10-11H,3-9H2,1-2H3/t10-,11+. The molecule has 0 heterocycles. The molecule has 1 aliphatic carbocycles. The fraction of sp³-hybridized carbons (Fsp3) is 0.917. The summed E-state index contributed by atoms with van der Waals surface area (Å²) < 4.78 is 10.5. The first-order valence-electron chi connectivity index (χ1n) is 5.97. The van der Waals surface area contributed by atoms with Crippen LogP contribution in [-0.4, -0.2) is 25.8 Å². The average molecular weight is 214 g/mol. The lowest BCUT2D eigenvalue weighted by molar-refractivity contribution is -0.147. The van der Waals surface area contributed by atoms with Gasteiger partial charge in [-0.15, -0.1) is 0 Å². The Balaban J connectivity index is 2.15. The molecule has 15 heavy (non-hydrogen) atoms. The lowest BCUT2D eigenvalue weighted by atomic mass is 9.87. The maximum Gasteiger partial charge on any atom is 0.308 e. The molecule has 1 saturated carbocycles. The van der Waals surface area contributed by atoms with Gasteiger partial charge in [0.25, 0.3) is 0 Å². The number of rotatable bonds is 5. The summed E-state index contributed by atoms with van der Waals surface area (Å²) in [6, 6.07) is 0. The third-order valence-electron chi connectivity index (χ3n) is 3.06. The smallest absolute Gasteiger partial charge is 0.308 e. The second-order valence-corrected chi connectivity index (χ2v) is 4.22. The monoisotopic (exact) mass is 214 g/mol. The van der Waals surface area contributed by atoms with Crippen LogP contribution in [0.25, 0.3) is 0 Å². The van der Waals surface area contributed by atoms with Crippen LogP contribution in [0.1, 0.15) is 45.4 Å². The molecule has 0 radical (unpaired) electrons. The predicted octanol–water partition coefficient (Wildman–Crippen LogP) is 2.53. The molecule has 1 fully saturated rings. The topological polar surface area (TPSA) is 35.5 Å². The fourth-order valence-electron chi connectivity index (χ4n) is 2.03. The molecule has 0 aromatic rings. The summed E-state index contributed by atoms with van der Waals surface area (Å²) in [7, 11) is 1.46. The van der Waals surface area contributed by atoms with Crippen LogP contribution in [0.2, 0.25) is 0 Å². The molecule has 0 bridgehead atoms. The first kappa shape index (κ1) is 12.5. The summed E-state index contributed by atoms with van der Waals surface area (Å²) >= 11 is 0. The van der Waals surface area contributed by atoms with Crippen molar-refractivity contribution in [3.8, 4) is 0 Å². The van der Waals surface area contributed by atoms with Crippen molar-refractivity contribution in [1.82, 2.24) is 0 Å². The number of hydrogen-bond donors (Lipinski definition) is 0. The van der Waals surface area contributed by atoms with E-state index in [1.165, 1.54) is 13.5 Å². The molecular formula is C12H22O3. The van der Waals surface area contributed by atoms with E-state index in [0.717, 1.165) is 38.7 Å². The number of hydrogen-bond acceptors (Lipinski definition) is 3. The summed E-state index contributed by atoms with van der Waals surface area (Å²) in [5.41, 5.74) is 0. The SMILES string of the molecule is CCCCO[C@H]1CC[C@@H](C(=O)OC)CC1. The number of carbonyl (C=O) groups excluding carboxylic acids is 1. The molecule has 0 N–H and O–H groups in total. The summed E-state index contributed by atoms with van der Waals surface area (Å²) in [5.74, 6) is 0.0584. The van der Waals surface area contributed by atoms with E-state index in [9.17, 15) is 4.79 Å². The fourth-order valence-corrected chi connectivity index (χ4v) is 2.03. The number of ether oxygens (including phenoxy) is 2. The van der Waals surface area contributed by atoms with E-state index in [2.05, 4.69) is 6.92 Å². The van der Waals surface area contributed by atoms with Gasteiger partial charge in [0.05, 0.1) is 19.1 Å². The minimum absolute atomic E-state index is 0.0537. The number of methoxy groups -OCH3 is 1. The van der Waals surface area contributed by atoms with E-state index in [1.807, 2.05) is 0 Å². The van der Waals surface area contributed by atoms with Crippen molar-refractivity contribution >= 4 is 5.97 Å². The van der Waals surface area contributed by atoms with Crippen molar-refractivity contribution in [1.29, 1.82) is 0 Å². The first-order valence-corrected chi connectivity index (χ1v) is 5.97. The van der Waals surface area contributed by atoms with Crippen molar-refractivity contribution in [2.24, 2.45) is 5.92 Å². The predicted molar refractivity (Wildman–Crippen MR) is 58.6 cm³/mol. The minimum Gasteiger partial charge on any atom is -0.469 e. The van der Waals surface area contributed by atoms with Crippen molar-refractivity contribution in [2.75, 3.05) is 13.7 Å². The molecule has 0 unspecified atom stereocenters. The normalized spacial score (nSPS) is 26.3. The summed E-state index contributed by atoms with van der Waals surface area (Å²) in [4.78, 5) is 11.3. The molecule has 1 rings (SSSR count). The maximum atomic E-state index is 11.3. The van der Waals surface area contributed by atoms with Gasteiger partial charge < -0.3 is 9.47 Å². The van der Waals surface area contributed by atoms with E-state index in [-0.39, 0.29) is 11.9 Å². The molecule has 0 atom stereocenters. The minimum atomic E-state index is -0.0537. The van der Waals surface area contributed by atoms with Crippen LogP contribution in [0.4, 0.5) is 0 Å². The van der Waals surface area contributed by atoms with Crippen LogP contribution in [0.3, 0.4) is 0 Å². The molecule has 3 heteroatoms. The molecule has 0 aliphatic heterocycles. The number of esters is 1. The molecule has 1 aliphatic rings. The van der Waals surface area contributed by atoms with Gasteiger partial charge in [0.1, 0.15) is 0 Å². The highest BCUT2D eigenvalue weighted by Gasteiger charge is 2.26. The second-order valence-electron chi connectivity index (χ2n) is 4.22. The lowest BCUT2D eigenvalue weighted by Gasteiger charge is -2.26. The maximum absolute atomic E-state index is 11.3. The molecule has 0 aromatic heterocycles. The van der Waals surface area contributed by atoms with Gasteiger partial charge in [0, 0.05) is 6.61 Å². The van der Waals surface area contributed by atoms with Crippen LogP contribution in [0.15, 0.2) is 0 Å². The Morgan fingerprint density at radius 3 is 2.47 bits per heavy atom. The van der Waals surface area contributed by atoms with Gasteiger partial charge >= 0.3 is 5.97 Å². The molecule has 3 nitrogen and oxygen atoms in total. The zero-order valence-corrected chi connectivity index (χ0v) is 9.83. The van der Waals surface area contributed by atoms with Gasteiger partial charge in [0.2, 0.25) is 0 Å². The zero-order valence-electron chi connectivity index (χ0n) is 9.83. The van der Waals surface area contributed by atoms with E-state index in [0.29, 0.717) is 6.10 Å². The summed E-state index contributed by atoms with van der Waals surface area (Å²) in [6.07, 6.45) is 6.53. The summed E-state index contributed by atoms with van der Waals surface area (Å²) in [6.45, 7) is 3.03. The van der Waals surface area contributed by atoms with Crippen LogP contribution < -0.4 is 0 Å². The van der Waals surface area contributed by atoms with Gasteiger partial charge in [-0.05, 0) is 32.1 Å². The average Bonchev–Trinajstić information content (AvgIpc) is 2.29. The highest BCUT2D eigenvalue weighted by atomic mass is 16.5. The van der Waals surface area contributed by atoms with Crippen LogP contribution in [0.5, 0.6) is 0 Å². The van der Waals surface area contributed by atoms with Crippen molar-refractivity contribution in [2.45, 2.75) is 51.6 Å². The van der Waals surface area contributed by atoms with Gasteiger partial charge in [-0.25, -0.2) is 0 Å². The van der Waals surface area contributed by atoms with Gasteiger partial charge in [-0.1, -0.05) is 13.3 Å². The zero-order chi connectivity index (χ0) is 11.1. The van der Waals surface area contributed by atoms with Gasteiger partial charge in [0.15, 0.2) is 0 Å². The highest BCUT2D eigenvalue weighted by Crippen LogP contribution is 2.27. The van der Waals surface area contributed by atoms with Crippen molar-refractivity contribution in [3.05, 3.63) is 0 Å². The van der Waals surface area contributed by atoms with Crippen molar-refractivity contribution < 1.29 is 14.3 Å².